The van der Waals surface area contributed by atoms with Crippen LogP contribution in [0.1, 0.15) is 25.2 Å². The summed E-state index contributed by atoms with van der Waals surface area (Å²) in [7, 11) is 3.24. The molecule has 0 saturated heterocycles. The van der Waals surface area contributed by atoms with Crippen molar-refractivity contribution in [2.75, 3.05) is 27.4 Å². The van der Waals surface area contributed by atoms with Gasteiger partial charge in [0.15, 0.2) is 11.5 Å². The Morgan fingerprint density at radius 2 is 1.85 bits per heavy atom. The number of benzene rings is 1. The van der Waals surface area contributed by atoms with Crippen molar-refractivity contribution in [2.24, 2.45) is 0 Å². The highest BCUT2D eigenvalue weighted by molar-refractivity contribution is 5.42. The van der Waals surface area contributed by atoms with Crippen LogP contribution in [0.25, 0.3) is 0 Å². The van der Waals surface area contributed by atoms with Crippen LogP contribution in [0.4, 0.5) is 0 Å². The maximum atomic E-state index is 10.3. The Morgan fingerprint density at radius 3 is 2.46 bits per heavy atom. The lowest BCUT2D eigenvalue weighted by atomic mass is 10.1. The molecule has 0 aliphatic heterocycles. The Balaban J connectivity index is 2.07. The van der Waals surface area contributed by atoms with Crippen molar-refractivity contribution < 1.29 is 23.7 Å². The van der Waals surface area contributed by atoms with Gasteiger partial charge in [-0.1, -0.05) is 6.07 Å². The van der Waals surface area contributed by atoms with E-state index >= 15 is 0 Å². The highest BCUT2D eigenvalue weighted by Crippen LogP contribution is 2.28. The maximum Gasteiger partial charge on any atom is 0.161 e. The van der Waals surface area contributed by atoms with E-state index in [0.29, 0.717) is 37.7 Å². The molecule has 0 aliphatic rings. The molecule has 1 aromatic carbocycles. The summed E-state index contributed by atoms with van der Waals surface area (Å²) in [5.41, 5.74) is 1.06. The van der Waals surface area contributed by atoms with Gasteiger partial charge >= 0.3 is 0 Å². The number of methoxy groups -OCH3 is 2. The van der Waals surface area contributed by atoms with E-state index in [9.17, 15) is 5.11 Å². The van der Waals surface area contributed by atoms with Crippen LogP contribution in [0.2, 0.25) is 0 Å². The lowest BCUT2D eigenvalue weighted by Crippen LogP contribution is -2.34. The fraction of sp³-hybridized carbons (Fsp3) is 0.500. The highest BCUT2D eigenvalue weighted by atomic mass is 16.5. The summed E-state index contributed by atoms with van der Waals surface area (Å²) < 4.78 is 21.7. The largest absolute Gasteiger partial charge is 0.493 e. The Bertz CT molecular complexity index is 642. The molecule has 1 atom stereocenters. The van der Waals surface area contributed by atoms with Crippen LogP contribution in [-0.2, 0) is 17.8 Å². The van der Waals surface area contributed by atoms with E-state index in [-0.39, 0.29) is 6.10 Å². The molecule has 2 rings (SSSR count). The number of hydrogen-bond acceptors (Lipinski definition) is 6. The van der Waals surface area contributed by atoms with Gasteiger partial charge in [-0.15, -0.1) is 0 Å². The zero-order valence-electron chi connectivity index (χ0n) is 16.0. The molecule has 0 bridgehead atoms. The minimum atomic E-state index is -0.576. The molecular formula is C20H29NO5. The topological polar surface area (TPSA) is 64.3 Å². The first-order valence-corrected chi connectivity index (χ1v) is 8.77. The average Bonchev–Trinajstić information content (AvgIpc) is 3.12. The molecule has 6 heteroatoms. The average molecular weight is 363 g/mol. The van der Waals surface area contributed by atoms with Crippen LogP contribution < -0.4 is 9.47 Å². The number of aliphatic hydroxyl groups excluding tert-OH is 1. The third-order valence-electron chi connectivity index (χ3n) is 3.90. The molecule has 0 saturated carbocycles. The van der Waals surface area contributed by atoms with Crippen LogP contribution in [0.15, 0.2) is 41.0 Å². The van der Waals surface area contributed by atoms with Crippen molar-refractivity contribution >= 4 is 0 Å². The first kappa shape index (κ1) is 20.3. The van der Waals surface area contributed by atoms with E-state index in [1.54, 1.807) is 20.5 Å². The standard InChI is InChI=1S/C20H29NO5/c1-15(2)26-14-17(22)12-21(13-18-6-5-9-25-18)11-16-7-8-19(23-3)20(10-16)24-4/h5-10,15,17,22H,11-14H2,1-4H3/t17-/m1/s1. The number of hydrogen-bond donors (Lipinski definition) is 1. The predicted molar refractivity (Wildman–Crippen MR) is 99.5 cm³/mol. The van der Waals surface area contributed by atoms with Crippen molar-refractivity contribution in [3.8, 4) is 11.5 Å². The molecule has 0 unspecified atom stereocenters. The zero-order chi connectivity index (χ0) is 18.9. The van der Waals surface area contributed by atoms with Gasteiger partial charge in [0, 0.05) is 13.1 Å². The van der Waals surface area contributed by atoms with Gasteiger partial charge in [0.05, 0.1) is 45.8 Å². The number of furan rings is 1. The molecule has 2 aromatic rings. The molecule has 0 spiro atoms. The second kappa shape index (κ2) is 10.2. The van der Waals surface area contributed by atoms with E-state index in [1.165, 1.54) is 0 Å². The monoisotopic (exact) mass is 363 g/mol. The SMILES string of the molecule is COc1ccc(CN(Cc2ccco2)C[C@@H](O)COC(C)C)cc1OC. The van der Waals surface area contributed by atoms with Gasteiger partial charge in [-0.05, 0) is 43.7 Å². The minimum absolute atomic E-state index is 0.0917. The van der Waals surface area contributed by atoms with Crippen molar-refractivity contribution in [1.29, 1.82) is 0 Å². The summed E-state index contributed by atoms with van der Waals surface area (Å²) in [6.45, 7) is 5.92. The van der Waals surface area contributed by atoms with E-state index in [1.807, 2.05) is 44.2 Å². The number of rotatable bonds is 11. The molecule has 0 radical (unpaired) electrons. The maximum absolute atomic E-state index is 10.3. The minimum Gasteiger partial charge on any atom is -0.493 e. The molecule has 144 valence electrons. The van der Waals surface area contributed by atoms with Crippen molar-refractivity contribution in [3.63, 3.8) is 0 Å². The summed E-state index contributed by atoms with van der Waals surface area (Å²) in [6, 6.07) is 9.62. The molecule has 1 aromatic heterocycles. The second-order valence-corrected chi connectivity index (χ2v) is 6.47. The molecular weight excluding hydrogens is 334 g/mol. The summed E-state index contributed by atoms with van der Waals surface area (Å²) in [5, 5.41) is 10.3. The molecule has 1 N–H and O–H groups in total. The van der Waals surface area contributed by atoms with Crippen molar-refractivity contribution in [1.82, 2.24) is 4.90 Å². The van der Waals surface area contributed by atoms with Crippen LogP contribution >= 0.6 is 0 Å². The highest BCUT2D eigenvalue weighted by Gasteiger charge is 2.16. The fourth-order valence-corrected chi connectivity index (χ4v) is 2.70. The zero-order valence-corrected chi connectivity index (χ0v) is 16.0. The number of ether oxygens (including phenoxy) is 3. The van der Waals surface area contributed by atoms with E-state index in [2.05, 4.69) is 4.90 Å². The fourth-order valence-electron chi connectivity index (χ4n) is 2.70. The normalized spacial score (nSPS) is 12.6. The van der Waals surface area contributed by atoms with Crippen LogP contribution in [0.3, 0.4) is 0 Å². The molecule has 0 amide bonds. The molecule has 26 heavy (non-hydrogen) atoms. The van der Waals surface area contributed by atoms with Crippen LogP contribution in [0.5, 0.6) is 11.5 Å². The van der Waals surface area contributed by atoms with Crippen molar-refractivity contribution in [3.05, 3.63) is 47.9 Å². The summed E-state index contributed by atoms with van der Waals surface area (Å²) in [6.07, 6.45) is 1.17. The first-order chi connectivity index (χ1) is 12.5. The predicted octanol–water partition coefficient (Wildman–Crippen LogP) is 3.08. The quantitative estimate of drug-likeness (QED) is 0.662. The summed E-state index contributed by atoms with van der Waals surface area (Å²) >= 11 is 0. The van der Waals surface area contributed by atoms with Gasteiger partial charge in [0.2, 0.25) is 0 Å². The van der Waals surface area contributed by atoms with Gasteiger partial charge in [0.1, 0.15) is 5.76 Å². The third-order valence-corrected chi connectivity index (χ3v) is 3.90. The van der Waals surface area contributed by atoms with Crippen molar-refractivity contribution in [2.45, 2.75) is 39.1 Å². The summed E-state index contributed by atoms with van der Waals surface area (Å²) in [5.74, 6) is 2.23. The molecule has 0 aliphatic carbocycles. The van der Waals surface area contributed by atoms with Gasteiger partial charge in [0.25, 0.3) is 0 Å². The molecule has 1 heterocycles. The van der Waals surface area contributed by atoms with E-state index in [4.69, 9.17) is 18.6 Å². The third kappa shape index (κ3) is 6.37. The van der Waals surface area contributed by atoms with E-state index in [0.717, 1.165) is 11.3 Å². The van der Waals surface area contributed by atoms with Gasteiger partial charge < -0.3 is 23.7 Å². The second-order valence-electron chi connectivity index (χ2n) is 6.47. The Kier molecular flexibility index (Phi) is 7.97. The lowest BCUT2D eigenvalue weighted by molar-refractivity contribution is -0.0114. The van der Waals surface area contributed by atoms with Gasteiger partial charge in [-0.3, -0.25) is 4.90 Å². The number of nitrogens with zero attached hydrogens (tertiary/aromatic N) is 1. The lowest BCUT2D eigenvalue weighted by Gasteiger charge is -2.25. The van der Waals surface area contributed by atoms with Crippen LogP contribution in [0, 0.1) is 0 Å². The van der Waals surface area contributed by atoms with E-state index < -0.39 is 6.10 Å². The first-order valence-electron chi connectivity index (χ1n) is 8.77. The summed E-state index contributed by atoms with van der Waals surface area (Å²) in [4.78, 5) is 2.12. The number of aliphatic hydroxyl groups is 1. The Hall–Kier alpha value is -2.02. The molecule has 0 fully saturated rings. The van der Waals surface area contributed by atoms with Crippen LogP contribution in [-0.4, -0.2) is 49.6 Å². The van der Waals surface area contributed by atoms with Gasteiger partial charge in [-0.2, -0.15) is 0 Å². The van der Waals surface area contributed by atoms with Gasteiger partial charge in [-0.25, -0.2) is 0 Å². The molecule has 6 nitrogen and oxygen atoms in total. The smallest absolute Gasteiger partial charge is 0.161 e. The Morgan fingerprint density at radius 1 is 1.08 bits per heavy atom. The Labute approximate surface area is 155 Å².